The third-order valence-corrected chi connectivity index (χ3v) is 6.82. The second-order valence-electron chi connectivity index (χ2n) is 9.49. The summed E-state index contributed by atoms with van der Waals surface area (Å²) in [5.41, 5.74) is 5.05. The van der Waals surface area contributed by atoms with Crippen LogP contribution in [-0.2, 0) is 27.5 Å². The van der Waals surface area contributed by atoms with Gasteiger partial charge in [0, 0.05) is 61.1 Å². The van der Waals surface area contributed by atoms with Gasteiger partial charge in [0.1, 0.15) is 5.75 Å². The molecule has 39 heavy (non-hydrogen) atoms. The number of carbonyl (C=O) groups is 3. The van der Waals surface area contributed by atoms with E-state index in [1.54, 1.807) is 0 Å². The van der Waals surface area contributed by atoms with Crippen LogP contribution >= 0.6 is 0 Å². The maximum atomic E-state index is 12.6. The summed E-state index contributed by atoms with van der Waals surface area (Å²) in [5.74, 6) is -2.84. The number of hydrogen-bond acceptors (Lipinski definition) is 5. The number of aliphatic carboxylic acids is 2. The summed E-state index contributed by atoms with van der Waals surface area (Å²) in [7, 11) is 0. The minimum atomic E-state index is -1.82. The Morgan fingerprint density at radius 2 is 1.51 bits per heavy atom. The first-order valence-corrected chi connectivity index (χ1v) is 12.9. The third-order valence-electron chi connectivity index (χ3n) is 6.82. The van der Waals surface area contributed by atoms with Crippen LogP contribution in [0.5, 0.6) is 5.75 Å². The lowest BCUT2D eigenvalue weighted by molar-refractivity contribution is -0.159. The fraction of sp³-hybridized carbons (Fsp3) is 0.300. The summed E-state index contributed by atoms with van der Waals surface area (Å²) in [6.45, 7) is 9.44. The Balaban J connectivity index is 0.000000531. The quantitative estimate of drug-likeness (QED) is 0.362. The van der Waals surface area contributed by atoms with Gasteiger partial charge >= 0.3 is 11.9 Å². The smallest absolute Gasteiger partial charge is 0.414 e. The number of aryl methyl sites for hydroxylation is 2. The lowest BCUT2D eigenvalue weighted by atomic mass is 10.1. The zero-order valence-corrected chi connectivity index (χ0v) is 22.2. The maximum Gasteiger partial charge on any atom is 0.414 e. The van der Waals surface area contributed by atoms with Gasteiger partial charge in [0.25, 0.3) is 5.91 Å². The average Bonchev–Trinajstić information content (AvgIpc) is 3.25. The predicted octanol–water partition coefficient (Wildman–Crippen LogP) is 4.00. The molecule has 2 heterocycles. The first kappa shape index (κ1) is 27.7. The summed E-state index contributed by atoms with van der Waals surface area (Å²) in [6.07, 6.45) is 0. The molecular weight excluding hydrogens is 498 g/mol. The number of piperazine rings is 1. The maximum absolute atomic E-state index is 12.6. The monoisotopic (exact) mass is 531 g/mol. The molecule has 5 rings (SSSR count). The fourth-order valence-electron chi connectivity index (χ4n) is 4.89. The standard InChI is InChI=1S/C28H31N3O2.C2H2O4/c1-3-31-26-10-5-4-9-24(26)25-18-22(11-12-27(25)31)19-29-13-15-30(16-14-29)28(32)20-33-23-8-6-7-21(2)17-23;3-1(4)2(5)6/h4-12,17-18H,3,13-16,19-20H2,1-2H3;(H,3,4)(H,5,6). The molecule has 1 fully saturated rings. The number of benzene rings is 3. The van der Waals surface area contributed by atoms with Crippen molar-refractivity contribution in [1.82, 2.24) is 14.4 Å². The molecule has 0 bridgehead atoms. The number of ether oxygens (including phenoxy) is 1. The zero-order chi connectivity index (χ0) is 27.9. The predicted molar refractivity (Wildman–Crippen MR) is 149 cm³/mol. The molecule has 0 unspecified atom stereocenters. The Kier molecular flexibility index (Phi) is 8.83. The molecule has 1 amide bonds. The average molecular weight is 532 g/mol. The number of carbonyl (C=O) groups excluding carboxylic acids is 1. The van der Waals surface area contributed by atoms with Crippen molar-refractivity contribution in [3.05, 3.63) is 77.9 Å². The SMILES string of the molecule is CCn1c2ccccc2c2cc(CN3CCN(C(=O)COc4cccc(C)c4)CC3)ccc21.O=C(O)C(=O)O. The van der Waals surface area contributed by atoms with Crippen LogP contribution in [0.2, 0.25) is 0 Å². The highest BCUT2D eigenvalue weighted by Crippen LogP contribution is 2.30. The zero-order valence-electron chi connectivity index (χ0n) is 22.2. The number of hydrogen-bond donors (Lipinski definition) is 2. The van der Waals surface area contributed by atoms with E-state index < -0.39 is 11.9 Å². The molecule has 0 saturated carbocycles. The number of rotatable bonds is 6. The number of nitrogens with zero attached hydrogens (tertiary/aromatic N) is 3. The van der Waals surface area contributed by atoms with Crippen LogP contribution in [0, 0.1) is 6.92 Å². The van der Waals surface area contributed by atoms with Gasteiger partial charge in [-0.25, -0.2) is 9.59 Å². The summed E-state index contributed by atoms with van der Waals surface area (Å²) >= 11 is 0. The van der Waals surface area contributed by atoms with Crippen molar-refractivity contribution >= 4 is 39.7 Å². The molecule has 0 atom stereocenters. The van der Waals surface area contributed by atoms with E-state index >= 15 is 0 Å². The van der Waals surface area contributed by atoms with E-state index in [0.717, 1.165) is 50.6 Å². The van der Waals surface area contributed by atoms with Gasteiger partial charge in [0.05, 0.1) is 0 Å². The second-order valence-corrected chi connectivity index (χ2v) is 9.49. The minimum absolute atomic E-state index is 0.0601. The molecule has 9 nitrogen and oxygen atoms in total. The fourth-order valence-corrected chi connectivity index (χ4v) is 4.89. The molecule has 204 valence electrons. The highest BCUT2D eigenvalue weighted by molar-refractivity contribution is 6.27. The van der Waals surface area contributed by atoms with Crippen LogP contribution in [0.3, 0.4) is 0 Å². The number of para-hydroxylation sites is 1. The summed E-state index contributed by atoms with van der Waals surface area (Å²) in [4.78, 5) is 35.2. The largest absolute Gasteiger partial charge is 0.484 e. The summed E-state index contributed by atoms with van der Waals surface area (Å²) in [6, 6.07) is 23.3. The third kappa shape index (κ3) is 6.74. The molecule has 1 saturated heterocycles. The number of fused-ring (bicyclic) bond motifs is 3. The van der Waals surface area contributed by atoms with E-state index in [4.69, 9.17) is 24.5 Å². The molecule has 1 aliphatic rings. The minimum Gasteiger partial charge on any atom is -0.484 e. The molecule has 4 aromatic rings. The molecular formula is C30H33N3O6. The van der Waals surface area contributed by atoms with Crippen molar-refractivity contribution in [2.24, 2.45) is 0 Å². The number of carboxylic acids is 2. The summed E-state index contributed by atoms with van der Waals surface area (Å²) < 4.78 is 8.09. The Morgan fingerprint density at radius 3 is 2.18 bits per heavy atom. The van der Waals surface area contributed by atoms with Gasteiger partial charge in [-0.3, -0.25) is 9.69 Å². The van der Waals surface area contributed by atoms with Crippen molar-refractivity contribution in [3.8, 4) is 5.75 Å². The van der Waals surface area contributed by atoms with Gasteiger partial charge in [-0.05, 0) is 55.3 Å². The van der Waals surface area contributed by atoms with E-state index in [-0.39, 0.29) is 12.5 Å². The molecule has 0 radical (unpaired) electrons. The van der Waals surface area contributed by atoms with E-state index in [9.17, 15) is 4.79 Å². The van der Waals surface area contributed by atoms with Gasteiger partial charge in [-0.15, -0.1) is 0 Å². The highest BCUT2D eigenvalue weighted by atomic mass is 16.5. The second kappa shape index (κ2) is 12.4. The molecule has 0 aliphatic carbocycles. The van der Waals surface area contributed by atoms with E-state index in [2.05, 4.69) is 58.9 Å². The van der Waals surface area contributed by atoms with Crippen LogP contribution in [0.4, 0.5) is 0 Å². The Bertz CT molecular complexity index is 1470. The summed E-state index contributed by atoms with van der Waals surface area (Å²) in [5, 5.41) is 17.4. The van der Waals surface area contributed by atoms with Gasteiger partial charge in [-0.2, -0.15) is 0 Å². The van der Waals surface area contributed by atoms with Gasteiger partial charge in [-0.1, -0.05) is 36.4 Å². The lowest BCUT2D eigenvalue weighted by Crippen LogP contribution is -2.49. The molecule has 0 spiro atoms. The van der Waals surface area contributed by atoms with Gasteiger partial charge in [0.2, 0.25) is 0 Å². The molecule has 3 aromatic carbocycles. The van der Waals surface area contributed by atoms with E-state index in [1.807, 2.05) is 36.1 Å². The number of amides is 1. The van der Waals surface area contributed by atoms with Crippen molar-refractivity contribution in [3.63, 3.8) is 0 Å². The van der Waals surface area contributed by atoms with Crippen molar-refractivity contribution < 1.29 is 29.3 Å². The molecule has 2 N–H and O–H groups in total. The van der Waals surface area contributed by atoms with Crippen molar-refractivity contribution in [2.45, 2.75) is 26.9 Å². The van der Waals surface area contributed by atoms with Gasteiger partial charge in [0.15, 0.2) is 6.61 Å². The molecule has 1 aliphatic heterocycles. The Hall–Kier alpha value is -4.37. The van der Waals surface area contributed by atoms with Crippen molar-refractivity contribution in [2.75, 3.05) is 32.8 Å². The van der Waals surface area contributed by atoms with Crippen molar-refractivity contribution in [1.29, 1.82) is 0 Å². The molecule has 9 heteroatoms. The first-order valence-electron chi connectivity index (χ1n) is 12.9. The highest BCUT2D eigenvalue weighted by Gasteiger charge is 2.22. The van der Waals surface area contributed by atoms with Crippen LogP contribution in [-0.4, -0.2) is 75.2 Å². The van der Waals surface area contributed by atoms with Gasteiger partial charge < -0.3 is 24.4 Å². The van der Waals surface area contributed by atoms with Crippen LogP contribution in [0.1, 0.15) is 18.1 Å². The first-order chi connectivity index (χ1) is 18.8. The van der Waals surface area contributed by atoms with Crippen LogP contribution in [0.25, 0.3) is 21.8 Å². The van der Waals surface area contributed by atoms with Crippen LogP contribution < -0.4 is 4.74 Å². The van der Waals surface area contributed by atoms with E-state index in [0.29, 0.717) is 0 Å². The van der Waals surface area contributed by atoms with Crippen LogP contribution in [0.15, 0.2) is 66.7 Å². The lowest BCUT2D eigenvalue weighted by Gasteiger charge is -2.34. The number of aromatic nitrogens is 1. The Labute approximate surface area is 226 Å². The topological polar surface area (TPSA) is 112 Å². The molecule has 1 aromatic heterocycles. The Morgan fingerprint density at radius 1 is 0.821 bits per heavy atom. The number of carboxylic acid groups (broad SMARTS) is 2. The van der Waals surface area contributed by atoms with E-state index in [1.165, 1.54) is 27.4 Å². The normalized spacial score (nSPS) is 13.6.